The van der Waals surface area contributed by atoms with Crippen LogP contribution in [0, 0.1) is 0 Å². The van der Waals surface area contributed by atoms with Gasteiger partial charge in [-0.15, -0.1) is 0 Å². The monoisotopic (exact) mass is 254 g/mol. The number of benzene rings is 1. The second-order valence-electron chi connectivity index (χ2n) is 4.01. The van der Waals surface area contributed by atoms with Crippen LogP contribution in [0.2, 0.25) is 0 Å². The van der Waals surface area contributed by atoms with Crippen molar-refractivity contribution in [3.8, 4) is 11.5 Å². The highest BCUT2D eigenvalue weighted by molar-refractivity contribution is 5.39. The Morgan fingerprint density at radius 1 is 0.722 bits per heavy atom. The molecule has 0 atom stereocenters. The van der Waals surface area contributed by atoms with Crippen molar-refractivity contribution in [2.45, 2.75) is 25.7 Å². The predicted molar refractivity (Wildman–Crippen MR) is 70.1 cm³/mol. The Hall–Kier alpha value is -1.26. The normalized spacial score (nSPS) is 10.3. The Kier molecular flexibility index (Phi) is 8.01. The summed E-state index contributed by atoms with van der Waals surface area (Å²) in [6, 6.07) is 7.56. The van der Waals surface area contributed by atoms with Crippen LogP contribution >= 0.6 is 0 Å². The second-order valence-corrected chi connectivity index (χ2v) is 4.01. The van der Waals surface area contributed by atoms with Crippen molar-refractivity contribution in [3.63, 3.8) is 0 Å². The Balaban J connectivity index is 2.36. The van der Waals surface area contributed by atoms with Crippen LogP contribution in [0.25, 0.3) is 0 Å². The fraction of sp³-hybridized carbons (Fsp3) is 0.571. The highest BCUT2D eigenvalue weighted by atomic mass is 16.5. The third-order valence-electron chi connectivity index (χ3n) is 2.47. The van der Waals surface area contributed by atoms with Gasteiger partial charge < -0.3 is 19.7 Å². The molecule has 0 radical (unpaired) electrons. The van der Waals surface area contributed by atoms with Gasteiger partial charge in [0.15, 0.2) is 11.5 Å². The zero-order valence-electron chi connectivity index (χ0n) is 10.7. The van der Waals surface area contributed by atoms with Crippen LogP contribution in [0.5, 0.6) is 11.5 Å². The van der Waals surface area contributed by atoms with Gasteiger partial charge in [0.25, 0.3) is 0 Å². The smallest absolute Gasteiger partial charge is 0.161 e. The lowest BCUT2D eigenvalue weighted by molar-refractivity contribution is 0.231. The largest absolute Gasteiger partial charge is 0.490 e. The standard InChI is InChI=1S/C14H22O4/c15-9-3-5-11-17-13-7-1-2-8-14(13)18-12-6-4-10-16/h1-2,7-8,15-16H,3-6,9-12H2. The summed E-state index contributed by atoms with van der Waals surface area (Å²) in [5.74, 6) is 1.47. The van der Waals surface area contributed by atoms with E-state index in [-0.39, 0.29) is 13.2 Å². The summed E-state index contributed by atoms with van der Waals surface area (Å²) in [4.78, 5) is 0. The van der Waals surface area contributed by atoms with E-state index in [1.54, 1.807) is 0 Å². The first kappa shape index (κ1) is 14.8. The van der Waals surface area contributed by atoms with Crippen LogP contribution in [0.3, 0.4) is 0 Å². The van der Waals surface area contributed by atoms with Gasteiger partial charge in [0.2, 0.25) is 0 Å². The van der Waals surface area contributed by atoms with Gasteiger partial charge in [-0.1, -0.05) is 12.1 Å². The molecule has 4 nitrogen and oxygen atoms in total. The quantitative estimate of drug-likeness (QED) is 0.627. The highest BCUT2D eigenvalue weighted by Gasteiger charge is 2.03. The zero-order valence-corrected chi connectivity index (χ0v) is 10.7. The molecule has 0 fully saturated rings. The molecule has 0 spiro atoms. The third kappa shape index (κ3) is 5.89. The SMILES string of the molecule is OCCCCOc1ccccc1OCCCCO. The van der Waals surface area contributed by atoms with Crippen molar-refractivity contribution in [1.29, 1.82) is 0 Å². The second kappa shape index (κ2) is 9.74. The van der Waals surface area contributed by atoms with Crippen LogP contribution < -0.4 is 9.47 Å². The number of hydrogen-bond acceptors (Lipinski definition) is 4. The fourth-order valence-electron chi connectivity index (χ4n) is 1.48. The van der Waals surface area contributed by atoms with Crippen LogP contribution in [-0.2, 0) is 0 Å². The van der Waals surface area contributed by atoms with E-state index in [0.717, 1.165) is 37.2 Å². The Labute approximate surface area is 108 Å². The predicted octanol–water partition coefficient (Wildman–Crippen LogP) is 1.99. The maximum atomic E-state index is 8.68. The van der Waals surface area contributed by atoms with Crippen LogP contribution in [0.15, 0.2) is 24.3 Å². The molecular formula is C14H22O4. The zero-order chi connectivity index (χ0) is 13.1. The molecule has 0 aliphatic rings. The molecule has 1 rings (SSSR count). The molecule has 0 unspecified atom stereocenters. The molecule has 102 valence electrons. The summed E-state index contributed by atoms with van der Waals surface area (Å²) in [5, 5.41) is 17.4. The molecule has 2 N–H and O–H groups in total. The van der Waals surface area contributed by atoms with Gasteiger partial charge in [0, 0.05) is 13.2 Å². The van der Waals surface area contributed by atoms with Crippen molar-refractivity contribution < 1.29 is 19.7 Å². The molecule has 18 heavy (non-hydrogen) atoms. The average Bonchev–Trinajstić information content (AvgIpc) is 2.41. The van der Waals surface area contributed by atoms with E-state index in [1.165, 1.54) is 0 Å². The van der Waals surface area contributed by atoms with Gasteiger partial charge >= 0.3 is 0 Å². The molecular weight excluding hydrogens is 232 g/mol. The molecule has 0 aliphatic heterocycles. The molecule has 1 aromatic carbocycles. The Bertz CT molecular complexity index is 283. The van der Waals surface area contributed by atoms with Crippen LogP contribution in [-0.4, -0.2) is 36.6 Å². The number of rotatable bonds is 10. The summed E-state index contributed by atoms with van der Waals surface area (Å²) in [7, 11) is 0. The number of aliphatic hydroxyl groups is 2. The van der Waals surface area contributed by atoms with E-state index in [9.17, 15) is 0 Å². The number of ether oxygens (including phenoxy) is 2. The number of para-hydroxylation sites is 2. The van der Waals surface area contributed by atoms with Crippen molar-refractivity contribution >= 4 is 0 Å². The van der Waals surface area contributed by atoms with Crippen molar-refractivity contribution in [3.05, 3.63) is 24.3 Å². The van der Waals surface area contributed by atoms with E-state index < -0.39 is 0 Å². The average molecular weight is 254 g/mol. The molecule has 0 heterocycles. The minimum absolute atomic E-state index is 0.197. The first-order valence-electron chi connectivity index (χ1n) is 6.45. The summed E-state index contributed by atoms with van der Waals surface area (Å²) in [6.45, 7) is 1.56. The van der Waals surface area contributed by atoms with Crippen LogP contribution in [0.1, 0.15) is 25.7 Å². The number of unbranched alkanes of at least 4 members (excludes halogenated alkanes) is 2. The molecule has 0 aliphatic carbocycles. The minimum atomic E-state index is 0.197. The highest BCUT2D eigenvalue weighted by Crippen LogP contribution is 2.26. The molecule has 0 amide bonds. The molecule has 0 bridgehead atoms. The molecule has 1 aromatic rings. The summed E-state index contributed by atoms with van der Waals surface area (Å²) in [6.07, 6.45) is 3.16. The van der Waals surface area contributed by atoms with E-state index in [4.69, 9.17) is 19.7 Å². The lowest BCUT2D eigenvalue weighted by atomic mass is 10.3. The lowest BCUT2D eigenvalue weighted by Crippen LogP contribution is -2.03. The van der Waals surface area contributed by atoms with Crippen molar-refractivity contribution in [1.82, 2.24) is 0 Å². The maximum Gasteiger partial charge on any atom is 0.161 e. The van der Waals surface area contributed by atoms with E-state index in [0.29, 0.717) is 13.2 Å². The summed E-state index contributed by atoms with van der Waals surface area (Å²) >= 11 is 0. The topological polar surface area (TPSA) is 58.9 Å². The first-order valence-corrected chi connectivity index (χ1v) is 6.45. The third-order valence-corrected chi connectivity index (χ3v) is 2.47. The number of aliphatic hydroxyl groups excluding tert-OH is 2. The van der Waals surface area contributed by atoms with Gasteiger partial charge in [-0.05, 0) is 37.8 Å². The van der Waals surface area contributed by atoms with Crippen molar-refractivity contribution in [2.75, 3.05) is 26.4 Å². The Morgan fingerprint density at radius 2 is 1.17 bits per heavy atom. The van der Waals surface area contributed by atoms with Gasteiger partial charge in [0.1, 0.15) is 0 Å². The molecule has 0 saturated heterocycles. The van der Waals surface area contributed by atoms with Gasteiger partial charge in [-0.3, -0.25) is 0 Å². The lowest BCUT2D eigenvalue weighted by Gasteiger charge is -2.12. The Morgan fingerprint density at radius 3 is 1.56 bits per heavy atom. The maximum absolute atomic E-state index is 8.68. The molecule has 0 aromatic heterocycles. The molecule has 0 saturated carbocycles. The summed E-state index contributed by atoms with van der Waals surface area (Å²) in [5.41, 5.74) is 0. The van der Waals surface area contributed by atoms with E-state index in [1.807, 2.05) is 24.3 Å². The molecule has 4 heteroatoms. The minimum Gasteiger partial charge on any atom is -0.490 e. The number of hydrogen-bond donors (Lipinski definition) is 2. The van der Waals surface area contributed by atoms with Crippen LogP contribution in [0.4, 0.5) is 0 Å². The summed E-state index contributed by atoms with van der Waals surface area (Å²) < 4.78 is 11.2. The van der Waals surface area contributed by atoms with Gasteiger partial charge in [-0.25, -0.2) is 0 Å². The van der Waals surface area contributed by atoms with Crippen molar-refractivity contribution in [2.24, 2.45) is 0 Å². The van der Waals surface area contributed by atoms with E-state index in [2.05, 4.69) is 0 Å². The van der Waals surface area contributed by atoms with Gasteiger partial charge in [-0.2, -0.15) is 0 Å². The first-order chi connectivity index (χ1) is 8.88. The van der Waals surface area contributed by atoms with E-state index >= 15 is 0 Å². The van der Waals surface area contributed by atoms with Gasteiger partial charge in [0.05, 0.1) is 13.2 Å². The fourth-order valence-corrected chi connectivity index (χ4v) is 1.48.